The van der Waals surface area contributed by atoms with Gasteiger partial charge in [-0.1, -0.05) is 23.7 Å². The number of fused-ring (bicyclic) bond motifs is 1. The van der Waals surface area contributed by atoms with Crippen LogP contribution in [0.1, 0.15) is 11.1 Å². The minimum Gasteiger partial charge on any atom is -0.316 e. The van der Waals surface area contributed by atoms with Gasteiger partial charge in [0.15, 0.2) is 0 Å². The smallest absolute Gasteiger partial charge is 0.0484 e. The fraction of sp³-hybridized carbons (Fsp3) is 0.167. The topological polar surface area (TPSA) is 32.3 Å². The van der Waals surface area contributed by atoms with E-state index in [9.17, 15) is 0 Å². The summed E-state index contributed by atoms with van der Waals surface area (Å²) in [6.45, 7) is 2.46. The van der Waals surface area contributed by atoms with E-state index in [0.717, 1.165) is 26.9 Å². The van der Waals surface area contributed by atoms with Crippen LogP contribution in [0.3, 0.4) is 0 Å². The highest BCUT2D eigenvalue weighted by molar-refractivity contribution is 6.35. The average Bonchev–Trinajstić information content (AvgIpc) is 2.21. The number of hydrogen-bond acceptors (Lipinski definition) is 2. The summed E-state index contributed by atoms with van der Waals surface area (Å²) in [7, 11) is 0. The normalized spacial score (nSPS) is 10.9. The monoisotopic (exact) mass is 221 g/mol. The molecule has 0 fully saturated rings. The molecule has 0 saturated heterocycles. The predicted octanol–water partition coefficient (Wildman–Crippen LogP) is 3.28. The Morgan fingerprint density at radius 2 is 2.13 bits per heavy atom. The molecule has 0 bridgehead atoms. The minimum atomic E-state index is 0.453. The molecule has 2 N–H and O–H groups in total. The van der Waals surface area contributed by atoms with Crippen molar-refractivity contribution in [2.75, 3.05) is 0 Å². The maximum absolute atomic E-state index is 8.69. The molecule has 0 spiro atoms. The van der Waals surface area contributed by atoms with Crippen LogP contribution in [0.25, 0.3) is 10.8 Å². The number of halogens is 1. The van der Waals surface area contributed by atoms with E-state index in [1.807, 2.05) is 37.3 Å². The molecule has 0 heterocycles. The van der Waals surface area contributed by atoms with Gasteiger partial charge >= 0.3 is 0 Å². The Balaban J connectivity index is 2.65. The second-order valence-corrected chi connectivity index (χ2v) is 3.98. The van der Waals surface area contributed by atoms with E-state index in [0.29, 0.717) is 6.54 Å². The summed E-state index contributed by atoms with van der Waals surface area (Å²) < 4.78 is 0. The molecule has 0 amide bonds. The summed E-state index contributed by atoms with van der Waals surface area (Å²) in [6, 6.07) is 9.91. The van der Waals surface area contributed by atoms with Crippen LogP contribution in [-0.4, -0.2) is 5.21 Å². The molecular formula is C12H12ClNO. The average molecular weight is 222 g/mol. The molecule has 0 aliphatic heterocycles. The minimum absolute atomic E-state index is 0.453. The molecule has 0 aliphatic carbocycles. The molecule has 0 saturated carbocycles. The van der Waals surface area contributed by atoms with Crippen molar-refractivity contribution in [3.05, 3.63) is 46.5 Å². The molecule has 3 heteroatoms. The zero-order valence-electron chi connectivity index (χ0n) is 8.42. The first-order valence-electron chi connectivity index (χ1n) is 4.77. The van der Waals surface area contributed by atoms with Crippen LogP contribution >= 0.6 is 11.6 Å². The predicted molar refractivity (Wildman–Crippen MR) is 62.3 cm³/mol. The molecule has 0 aliphatic rings. The van der Waals surface area contributed by atoms with E-state index in [2.05, 4.69) is 5.48 Å². The number of benzene rings is 2. The third kappa shape index (κ3) is 1.97. The maximum Gasteiger partial charge on any atom is 0.0484 e. The molecule has 0 radical (unpaired) electrons. The summed E-state index contributed by atoms with van der Waals surface area (Å²) in [6.07, 6.45) is 0. The van der Waals surface area contributed by atoms with E-state index in [4.69, 9.17) is 16.8 Å². The fourth-order valence-electron chi connectivity index (χ4n) is 1.72. The van der Waals surface area contributed by atoms with E-state index >= 15 is 0 Å². The zero-order chi connectivity index (χ0) is 10.8. The third-order valence-electron chi connectivity index (χ3n) is 2.55. The van der Waals surface area contributed by atoms with E-state index < -0.39 is 0 Å². The highest BCUT2D eigenvalue weighted by Crippen LogP contribution is 2.26. The molecule has 0 unspecified atom stereocenters. The van der Waals surface area contributed by atoms with Crippen LogP contribution in [0.2, 0.25) is 5.02 Å². The van der Waals surface area contributed by atoms with Gasteiger partial charge in [-0.3, -0.25) is 0 Å². The van der Waals surface area contributed by atoms with Crippen molar-refractivity contribution in [3.63, 3.8) is 0 Å². The summed E-state index contributed by atoms with van der Waals surface area (Å²) in [5.41, 5.74) is 4.37. The third-order valence-corrected chi connectivity index (χ3v) is 2.88. The standard InChI is InChI=1S/C12H12ClNO/c1-8-5-11-9(3-2-4-12(11)13)6-10(8)7-14-15/h2-6,14-15H,7H2,1H3. The first-order chi connectivity index (χ1) is 7.22. The molecule has 2 rings (SSSR count). The Bertz CT molecular complexity index is 496. The van der Waals surface area contributed by atoms with E-state index in [1.165, 1.54) is 0 Å². The maximum atomic E-state index is 8.69. The summed E-state index contributed by atoms with van der Waals surface area (Å²) in [5, 5.41) is 11.6. The summed E-state index contributed by atoms with van der Waals surface area (Å²) in [4.78, 5) is 0. The van der Waals surface area contributed by atoms with Crippen molar-refractivity contribution in [1.82, 2.24) is 5.48 Å². The highest BCUT2D eigenvalue weighted by Gasteiger charge is 2.03. The van der Waals surface area contributed by atoms with Crippen molar-refractivity contribution >= 4 is 22.4 Å². The Hall–Kier alpha value is -1.09. The van der Waals surface area contributed by atoms with Gasteiger partial charge in [-0.25, -0.2) is 5.48 Å². The van der Waals surface area contributed by atoms with Crippen molar-refractivity contribution < 1.29 is 5.21 Å². The molecular weight excluding hydrogens is 210 g/mol. The van der Waals surface area contributed by atoms with Gasteiger partial charge in [0.05, 0.1) is 0 Å². The summed E-state index contributed by atoms with van der Waals surface area (Å²) in [5.74, 6) is 0. The first kappa shape index (κ1) is 10.4. The molecule has 15 heavy (non-hydrogen) atoms. The molecule has 0 aromatic heterocycles. The van der Waals surface area contributed by atoms with Crippen LogP contribution in [-0.2, 0) is 6.54 Å². The number of nitrogens with one attached hydrogen (secondary N) is 1. The van der Waals surface area contributed by atoms with Crippen LogP contribution in [0, 0.1) is 6.92 Å². The molecule has 2 aromatic carbocycles. The van der Waals surface area contributed by atoms with Crippen molar-refractivity contribution in [1.29, 1.82) is 0 Å². The Kier molecular flexibility index (Phi) is 2.91. The molecule has 2 nitrogen and oxygen atoms in total. The van der Waals surface area contributed by atoms with Gasteiger partial charge in [0.1, 0.15) is 0 Å². The van der Waals surface area contributed by atoms with Crippen molar-refractivity contribution in [2.24, 2.45) is 0 Å². The Morgan fingerprint density at radius 1 is 1.33 bits per heavy atom. The van der Waals surface area contributed by atoms with Gasteiger partial charge in [0.2, 0.25) is 0 Å². The second kappa shape index (κ2) is 4.19. The van der Waals surface area contributed by atoms with E-state index in [1.54, 1.807) is 0 Å². The van der Waals surface area contributed by atoms with Gasteiger partial charge in [0, 0.05) is 17.0 Å². The van der Waals surface area contributed by atoms with Crippen LogP contribution < -0.4 is 5.48 Å². The van der Waals surface area contributed by atoms with E-state index in [-0.39, 0.29) is 0 Å². The van der Waals surface area contributed by atoms with Gasteiger partial charge in [0.25, 0.3) is 0 Å². The number of hydrogen-bond donors (Lipinski definition) is 2. The van der Waals surface area contributed by atoms with Gasteiger partial charge < -0.3 is 5.21 Å². The number of hydroxylamine groups is 1. The zero-order valence-corrected chi connectivity index (χ0v) is 9.17. The lowest BCUT2D eigenvalue weighted by atomic mass is 10.0. The number of rotatable bonds is 2. The molecule has 0 atom stereocenters. The lowest BCUT2D eigenvalue weighted by Gasteiger charge is -2.08. The lowest BCUT2D eigenvalue weighted by molar-refractivity contribution is 0.161. The molecule has 78 valence electrons. The van der Waals surface area contributed by atoms with Crippen LogP contribution in [0.15, 0.2) is 30.3 Å². The Morgan fingerprint density at radius 3 is 2.87 bits per heavy atom. The van der Waals surface area contributed by atoms with Crippen LogP contribution in [0.4, 0.5) is 0 Å². The number of aryl methyl sites for hydroxylation is 1. The highest BCUT2D eigenvalue weighted by atomic mass is 35.5. The second-order valence-electron chi connectivity index (χ2n) is 3.57. The van der Waals surface area contributed by atoms with Gasteiger partial charge in [-0.2, -0.15) is 0 Å². The van der Waals surface area contributed by atoms with Crippen LogP contribution in [0.5, 0.6) is 0 Å². The van der Waals surface area contributed by atoms with Gasteiger partial charge in [-0.15, -0.1) is 0 Å². The van der Waals surface area contributed by atoms with Crippen molar-refractivity contribution in [3.8, 4) is 0 Å². The Labute approximate surface area is 93.4 Å². The molecule has 2 aromatic rings. The largest absolute Gasteiger partial charge is 0.316 e. The first-order valence-corrected chi connectivity index (χ1v) is 5.15. The summed E-state index contributed by atoms with van der Waals surface area (Å²) >= 11 is 6.09. The lowest BCUT2D eigenvalue weighted by Crippen LogP contribution is -2.07. The fourth-order valence-corrected chi connectivity index (χ4v) is 1.95. The van der Waals surface area contributed by atoms with Gasteiger partial charge in [-0.05, 0) is 41.6 Å². The quantitative estimate of drug-likeness (QED) is 0.763. The SMILES string of the molecule is Cc1cc2c(Cl)cccc2cc1CNO. The van der Waals surface area contributed by atoms with Crippen molar-refractivity contribution in [2.45, 2.75) is 13.5 Å².